The van der Waals surface area contributed by atoms with Crippen molar-refractivity contribution in [3.63, 3.8) is 0 Å². The van der Waals surface area contributed by atoms with Crippen LogP contribution >= 0.6 is 0 Å². The van der Waals surface area contributed by atoms with Gasteiger partial charge in [-0.1, -0.05) is 176 Å². The van der Waals surface area contributed by atoms with Crippen molar-refractivity contribution in [1.82, 2.24) is 0 Å². The standard InChI is InChI=1S/C62H39NO/c1-6-17-52-40(12-1)30-37-57-61-51(22-11-23-60(61)64-62(52)57)41-24-31-46(32-25-41)63(47-33-26-42(27-34-47)58-38-44-13-2-4-15-49(44)53-18-7-9-20-55(53)58)48-35-28-43(29-36-48)59-39-45-14-3-5-16-50(45)54-19-8-10-21-56(54)59/h1-39H. The monoisotopic (exact) mass is 813 g/mol. The van der Waals surface area contributed by atoms with Crippen molar-refractivity contribution in [2.24, 2.45) is 0 Å². The number of hydrogen-bond donors (Lipinski definition) is 0. The van der Waals surface area contributed by atoms with Gasteiger partial charge in [0.05, 0.1) is 0 Å². The lowest BCUT2D eigenvalue weighted by molar-refractivity contribution is 0.673. The fourth-order valence-electron chi connectivity index (χ4n) is 10.2. The molecule has 0 saturated heterocycles. The second-order valence-corrected chi connectivity index (χ2v) is 16.8. The molecule has 0 amide bonds. The third kappa shape index (κ3) is 5.81. The van der Waals surface area contributed by atoms with E-state index in [1.54, 1.807) is 0 Å². The van der Waals surface area contributed by atoms with Gasteiger partial charge in [0.25, 0.3) is 0 Å². The van der Waals surface area contributed by atoms with E-state index < -0.39 is 0 Å². The topological polar surface area (TPSA) is 16.4 Å². The van der Waals surface area contributed by atoms with Gasteiger partial charge in [-0.15, -0.1) is 0 Å². The van der Waals surface area contributed by atoms with Crippen LogP contribution in [-0.4, -0.2) is 0 Å². The summed E-state index contributed by atoms with van der Waals surface area (Å²) >= 11 is 0. The van der Waals surface area contributed by atoms with Gasteiger partial charge in [0.15, 0.2) is 0 Å². The predicted molar refractivity (Wildman–Crippen MR) is 272 cm³/mol. The molecule has 1 aromatic heterocycles. The molecule has 298 valence electrons. The lowest BCUT2D eigenvalue weighted by Gasteiger charge is -2.26. The molecule has 0 saturated carbocycles. The molecule has 0 spiro atoms. The van der Waals surface area contributed by atoms with E-state index in [1.807, 2.05) is 0 Å². The van der Waals surface area contributed by atoms with E-state index in [4.69, 9.17) is 4.42 Å². The summed E-state index contributed by atoms with van der Waals surface area (Å²) in [7, 11) is 0. The van der Waals surface area contributed by atoms with Gasteiger partial charge < -0.3 is 9.32 Å². The van der Waals surface area contributed by atoms with Crippen LogP contribution in [0.5, 0.6) is 0 Å². The van der Waals surface area contributed by atoms with E-state index in [9.17, 15) is 0 Å². The Morgan fingerprint density at radius 3 is 1.20 bits per heavy atom. The Hall–Kier alpha value is -8.46. The summed E-state index contributed by atoms with van der Waals surface area (Å²) in [5, 5.41) is 14.7. The molecule has 0 aliphatic heterocycles. The minimum atomic E-state index is 0.896. The summed E-state index contributed by atoms with van der Waals surface area (Å²) < 4.78 is 6.57. The number of benzene rings is 12. The fourth-order valence-corrected chi connectivity index (χ4v) is 10.2. The second kappa shape index (κ2) is 14.6. The van der Waals surface area contributed by atoms with Crippen molar-refractivity contribution in [2.45, 2.75) is 0 Å². The van der Waals surface area contributed by atoms with Gasteiger partial charge in [0, 0.05) is 33.2 Å². The lowest BCUT2D eigenvalue weighted by Crippen LogP contribution is -2.09. The van der Waals surface area contributed by atoms with Crippen LogP contribution in [0.1, 0.15) is 0 Å². The zero-order chi connectivity index (χ0) is 42.1. The summed E-state index contributed by atoms with van der Waals surface area (Å²) in [4.78, 5) is 2.37. The molecule has 13 aromatic rings. The number of nitrogens with zero attached hydrogens (tertiary/aromatic N) is 1. The molecule has 2 nitrogen and oxygen atoms in total. The highest BCUT2D eigenvalue weighted by Gasteiger charge is 2.18. The van der Waals surface area contributed by atoms with E-state index in [0.29, 0.717) is 0 Å². The first-order valence-electron chi connectivity index (χ1n) is 22.0. The molecule has 0 N–H and O–H groups in total. The van der Waals surface area contributed by atoms with Crippen LogP contribution in [-0.2, 0) is 0 Å². The van der Waals surface area contributed by atoms with Gasteiger partial charge in [-0.05, 0) is 143 Å². The highest BCUT2D eigenvalue weighted by atomic mass is 16.3. The zero-order valence-electron chi connectivity index (χ0n) is 34.9. The molecule has 0 aliphatic rings. The summed E-state index contributed by atoms with van der Waals surface area (Å²) in [6, 6.07) is 86.0. The second-order valence-electron chi connectivity index (χ2n) is 16.8. The molecule has 0 fully saturated rings. The molecular weight excluding hydrogens is 775 g/mol. The van der Waals surface area contributed by atoms with Crippen LogP contribution in [0.15, 0.2) is 241 Å². The van der Waals surface area contributed by atoms with Crippen LogP contribution in [0.4, 0.5) is 17.1 Å². The van der Waals surface area contributed by atoms with Gasteiger partial charge in [-0.25, -0.2) is 0 Å². The summed E-state index contributed by atoms with van der Waals surface area (Å²) in [6.45, 7) is 0. The average Bonchev–Trinajstić information content (AvgIpc) is 3.77. The van der Waals surface area contributed by atoms with Gasteiger partial charge in [-0.2, -0.15) is 0 Å². The summed E-state index contributed by atoms with van der Waals surface area (Å²) in [5.74, 6) is 0. The van der Waals surface area contributed by atoms with Crippen molar-refractivity contribution >= 4 is 92.9 Å². The largest absolute Gasteiger partial charge is 0.455 e. The van der Waals surface area contributed by atoms with Crippen molar-refractivity contribution < 1.29 is 4.42 Å². The first kappa shape index (κ1) is 36.2. The summed E-state index contributed by atoms with van der Waals surface area (Å²) in [5.41, 5.74) is 12.2. The molecule has 0 radical (unpaired) electrons. The Morgan fingerprint density at radius 2 is 0.688 bits per heavy atom. The minimum Gasteiger partial charge on any atom is -0.455 e. The normalized spacial score (nSPS) is 11.8. The van der Waals surface area contributed by atoms with E-state index in [0.717, 1.165) is 55.5 Å². The van der Waals surface area contributed by atoms with E-state index >= 15 is 0 Å². The van der Waals surface area contributed by atoms with Crippen molar-refractivity contribution in [3.05, 3.63) is 237 Å². The predicted octanol–water partition coefficient (Wildman–Crippen LogP) is 17.8. The van der Waals surface area contributed by atoms with Crippen molar-refractivity contribution in [2.75, 3.05) is 4.90 Å². The smallest absolute Gasteiger partial charge is 0.143 e. The van der Waals surface area contributed by atoms with Crippen LogP contribution in [0.3, 0.4) is 0 Å². The molecule has 0 atom stereocenters. The number of hydrogen-bond acceptors (Lipinski definition) is 2. The lowest BCUT2D eigenvalue weighted by atomic mass is 9.93. The van der Waals surface area contributed by atoms with Crippen LogP contribution in [0, 0.1) is 0 Å². The molecule has 0 bridgehead atoms. The maximum atomic E-state index is 6.57. The number of rotatable bonds is 6. The molecule has 1 heterocycles. The number of furan rings is 1. The SMILES string of the molecule is c1ccc2c(c1)cc(-c1ccc(N(c3ccc(-c4cc5ccccc5c5ccccc45)cc3)c3ccc(-c4cccc5oc6c7ccccc7ccc6c45)cc3)cc1)c1ccccc12. The van der Waals surface area contributed by atoms with Gasteiger partial charge in [0.2, 0.25) is 0 Å². The maximum Gasteiger partial charge on any atom is 0.143 e. The van der Waals surface area contributed by atoms with E-state index in [2.05, 4.69) is 241 Å². The highest BCUT2D eigenvalue weighted by Crippen LogP contribution is 2.43. The Labute approximate surface area is 370 Å². The average molecular weight is 814 g/mol. The maximum absolute atomic E-state index is 6.57. The highest BCUT2D eigenvalue weighted by molar-refractivity contribution is 6.19. The molecule has 0 unspecified atom stereocenters. The first-order valence-corrected chi connectivity index (χ1v) is 22.0. The Kier molecular flexibility index (Phi) is 8.25. The summed E-state index contributed by atoms with van der Waals surface area (Å²) in [6.07, 6.45) is 0. The number of anilines is 3. The van der Waals surface area contributed by atoms with Gasteiger partial charge >= 0.3 is 0 Å². The Morgan fingerprint density at radius 1 is 0.266 bits per heavy atom. The Bertz CT molecular complexity index is 3770. The molecule has 12 aromatic carbocycles. The number of fused-ring (bicyclic) bond motifs is 11. The molecule has 0 aliphatic carbocycles. The van der Waals surface area contributed by atoms with Crippen LogP contribution in [0.2, 0.25) is 0 Å². The van der Waals surface area contributed by atoms with Gasteiger partial charge in [-0.3, -0.25) is 0 Å². The third-order valence-electron chi connectivity index (χ3n) is 13.2. The quantitative estimate of drug-likeness (QED) is 0.156. The fraction of sp³-hybridized carbons (Fsp3) is 0. The van der Waals surface area contributed by atoms with Crippen LogP contribution in [0.25, 0.3) is 109 Å². The van der Waals surface area contributed by atoms with E-state index in [1.165, 1.54) is 70.7 Å². The Balaban J connectivity index is 0.934. The molecular formula is C62H39NO. The van der Waals surface area contributed by atoms with Crippen LogP contribution < -0.4 is 4.90 Å². The zero-order valence-corrected chi connectivity index (χ0v) is 34.9. The molecule has 2 heteroatoms. The minimum absolute atomic E-state index is 0.896. The first-order chi connectivity index (χ1) is 31.7. The van der Waals surface area contributed by atoms with Crippen molar-refractivity contribution in [3.8, 4) is 33.4 Å². The van der Waals surface area contributed by atoms with Crippen molar-refractivity contribution in [1.29, 1.82) is 0 Å². The van der Waals surface area contributed by atoms with Gasteiger partial charge in [0.1, 0.15) is 11.2 Å². The third-order valence-corrected chi connectivity index (χ3v) is 13.2. The molecule has 64 heavy (non-hydrogen) atoms. The molecule has 13 rings (SSSR count). The van der Waals surface area contributed by atoms with E-state index in [-0.39, 0.29) is 0 Å².